The molecule has 2 amide bonds. The summed E-state index contributed by atoms with van der Waals surface area (Å²) in [6.45, 7) is 2.05. The fourth-order valence-electron chi connectivity index (χ4n) is 2.38. The van der Waals surface area contributed by atoms with Crippen molar-refractivity contribution in [3.05, 3.63) is 59.7 Å². The number of nitrogens with two attached hydrogens (primary N) is 2. The molecule has 0 aliphatic heterocycles. The third-order valence-electron chi connectivity index (χ3n) is 3.88. The quantitative estimate of drug-likeness (QED) is 0.391. The second kappa shape index (κ2) is 8.39. The van der Waals surface area contributed by atoms with Crippen LogP contribution in [0.25, 0.3) is 11.1 Å². The van der Waals surface area contributed by atoms with Gasteiger partial charge in [0.2, 0.25) is 0 Å². The van der Waals surface area contributed by atoms with Gasteiger partial charge in [-0.2, -0.15) is 0 Å². The maximum absolute atomic E-state index is 12.3. The van der Waals surface area contributed by atoms with Crippen molar-refractivity contribution in [1.82, 2.24) is 10.8 Å². The Morgan fingerprint density at radius 2 is 1.56 bits per heavy atom. The summed E-state index contributed by atoms with van der Waals surface area (Å²) in [4.78, 5) is 23.8. The van der Waals surface area contributed by atoms with E-state index in [1.807, 2.05) is 36.4 Å². The zero-order valence-electron chi connectivity index (χ0n) is 13.9. The number of hydroxylamine groups is 1. The lowest BCUT2D eigenvalue weighted by Gasteiger charge is -2.20. The lowest BCUT2D eigenvalue weighted by Crippen LogP contribution is -2.54. The van der Waals surface area contributed by atoms with Crippen molar-refractivity contribution in [1.29, 1.82) is 0 Å². The Balaban J connectivity index is 2.12. The van der Waals surface area contributed by atoms with E-state index >= 15 is 0 Å². The maximum atomic E-state index is 12.3. The highest BCUT2D eigenvalue weighted by molar-refractivity contribution is 5.98. The largest absolute Gasteiger partial charge is 0.339 e. The van der Waals surface area contributed by atoms with Crippen LogP contribution in [0.2, 0.25) is 0 Å². The van der Waals surface area contributed by atoms with Crippen LogP contribution in [-0.4, -0.2) is 29.1 Å². The molecule has 25 heavy (non-hydrogen) atoms. The van der Waals surface area contributed by atoms with Crippen molar-refractivity contribution in [3.8, 4) is 11.1 Å². The summed E-state index contributed by atoms with van der Waals surface area (Å²) in [5.74, 6) is -1.21. The van der Waals surface area contributed by atoms with Crippen LogP contribution in [0.4, 0.5) is 0 Å². The molecule has 7 N–H and O–H groups in total. The third kappa shape index (κ3) is 4.63. The molecule has 2 rings (SSSR count). The highest BCUT2D eigenvalue weighted by atomic mass is 16.5. The zero-order chi connectivity index (χ0) is 18.4. The van der Waals surface area contributed by atoms with Gasteiger partial charge in [-0.15, -0.1) is 0 Å². The lowest BCUT2D eigenvalue weighted by atomic mass is 10.0. The van der Waals surface area contributed by atoms with E-state index in [1.165, 1.54) is 5.48 Å². The highest BCUT2D eigenvalue weighted by Gasteiger charge is 2.24. The van der Waals surface area contributed by atoms with Crippen molar-refractivity contribution in [2.45, 2.75) is 25.6 Å². The number of amides is 2. The predicted octanol–water partition coefficient (Wildman–Crippen LogP) is 0.763. The molecule has 0 saturated carbocycles. The number of carbonyl (C=O) groups is 2. The maximum Gasteiger partial charge on any atom is 0.267 e. The number of nitrogens with one attached hydrogen (secondary N) is 2. The van der Waals surface area contributed by atoms with Crippen molar-refractivity contribution in [2.24, 2.45) is 11.5 Å². The Hall–Kier alpha value is -2.74. The van der Waals surface area contributed by atoms with Gasteiger partial charge in [-0.3, -0.25) is 14.8 Å². The predicted molar refractivity (Wildman–Crippen MR) is 94.6 cm³/mol. The standard InChI is InChI=1S/C18H22N4O3/c1-11(20)16(18(24)22-25)21-17(23)15-8-6-14(7-9-15)13-4-2-12(10-19)3-5-13/h2-9,11,16,25H,10,19-20H2,1H3,(H,21,23)(H,22,24)/t11-,16+/m1/s1. The van der Waals surface area contributed by atoms with E-state index in [0.717, 1.165) is 16.7 Å². The third-order valence-corrected chi connectivity index (χ3v) is 3.88. The highest BCUT2D eigenvalue weighted by Crippen LogP contribution is 2.20. The second-order valence-corrected chi connectivity index (χ2v) is 5.76. The first-order valence-electron chi connectivity index (χ1n) is 7.86. The summed E-state index contributed by atoms with van der Waals surface area (Å²) >= 11 is 0. The molecule has 0 aliphatic carbocycles. The summed E-state index contributed by atoms with van der Waals surface area (Å²) in [6, 6.07) is 13.1. The number of hydrogen-bond acceptors (Lipinski definition) is 5. The number of benzene rings is 2. The molecule has 0 saturated heterocycles. The van der Waals surface area contributed by atoms with Gasteiger partial charge in [-0.25, -0.2) is 5.48 Å². The van der Waals surface area contributed by atoms with Gasteiger partial charge in [0.05, 0.1) is 0 Å². The fourth-order valence-corrected chi connectivity index (χ4v) is 2.38. The van der Waals surface area contributed by atoms with E-state index in [9.17, 15) is 9.59 Å². The monoisotopic (exact) mass is 342 g/mol. The minimum absolute atomic E-state index is 0.388. The van der Waals surface area contributed by atoms with Gasteiger partial charge < -0.3 is 16.8 Å². The van der Waals surface area contributed by atoms with E-state index in [4.69, 9.17) is 16.7 Å². The van der Waals surface area contributed by atoms with E-state index in [-0.39, 0.29) is 0 Å². The Kier molecular flexibility index (Phi) is 6.24. The molecule has 0 bridgehead atoms. The SMILES string of the molecule is C[C@@H](N)[C@H](NC(=O)c1ccc(-c2ccc(CN)cc2)cc1)C(=O)NO. The van der Waals surface area contributed by atoms with Crippen LogP contribution in [-0.2, 0) is 11.3 Å². The molecule has 0 aromatic heterocycles. The smallest absolute Gasteiger partial charge is 0.267 e. The number of rotatable bonds is 6. The molecular weight excluding hydrogens is 320 g/mol. The molecule has 0 aliphatic rings. The molecule has 0 fully saturated rings. The Morgan fingerprint density at radius 3 is 2.00 bits per heavy atom. The fraction of sp³-hybridized carbons (Fsp3) is 0.222. The molecule has 7 nitrogen and oxygen atoms in total. The van der Waals surface area contributed by atoms with Gasteiger partial charge in [0.25, 0.3) is 11.8 Å². The summed E-state index contributed by atoms with van der Waals surface area (Å²) in [6.07, 6.45) is 0. The molecule has 2 atom stereocenters. The molecule has 2 aromatic rings. The zero-order valence-corrected chi connectivity index (χ0v) is 13.9. The van der Waals surface area contributed by atoms with Crippen LogP contribution in [0.15, 0.2) is 48.5 Å². The number of carbonyl (C=O) groups excluding carboxylic acids is 2. The van der Waals surface area contributed by atoms with Crippen molar-refractivity contribution in [3.63, 3.8) is 0 Å². The van der Waals surface area contributed by atoms with Crippen molar-refractivity contribution < 1.29 is 14.8 Å². The van der Waals surface area contributed by atoms with Crippen LogP contribution in [0.5, 0.6) is 0 Å². The first-order chi connectivity index (χ1) is 12.0. The van der Waals surface area contributed by atoms with Crippen LogP contribution < -0.4 is 22.3 Å². The molecule has 132 valence electrons. The summed E-state index contributed by atoms with van der Waals surface area (Å²) in [7, 11) is 0. The van der Waals surface area contributed by atoms with E-state index in [2.05, 4.69) is 5.32 Å². The molecule has 7 heteroatoms. The Morgan fingerprint density at radius 1 is 1.04 bits per heavy atom. The lowest BCUT2D eigenvalue weighted by molar-refractivity contribution is -0.131. The minimum Gasteiger partial charge on any atom is -0.339 e. The first-order valence-corrected chi connectivity index (χ1v) is 7.86. The average Bonchev–Trinajstić information content (AvgIpc) is 2.65. The minimum atomic E-state index is -1.03. The molecule has 2 aromatic carbocycles. The van der Waals surface area contributed by atoms with Gasteiger partial charge in [-0.1, -0.05) is 36.4 Å². The summed E-state index contributed by atoms with van der Waals surface area (Å²) in [5.41, 5.74) is 16.2. The first kappa shape index (κ1) is 18.6. The van der Waals surface area contributed by atoms with Crippen molar-refractivity contribution in [2.75, 3.05) is 0 Å². The van der Waals surface area contributed by atoms with Crippen LogP contribution in [0.3, 0.4) is 0 Å². The van der Waals surface area contributed by atoms with Crippen LogP contribution in [0, 0.1) is 0 Å². The summed E-state index contributed by atoms with van der Waals surface area (Å²) < 4.78 is 0. The van der Waals surface area contributed by atoms with Gasteiger partial charge in [0, 0.05) is 18.2 Å². The van der Waals surface area contributed by atoms with Gasteiger partial charge in [-0.05, 0) is 35.7 Å². The van der Waals surface area contributed by atoms with E-state index in [0.29, 0.717) is 12.1 Å². The Labute approximate surface area is 146 Å². The Bertz CT molecular complexity index is 727. The van der Waals surface area contributed by atoms with Crippen molar-refractivity contribution >= 4 is 11.8 Å². The molecule has 0 unspecified atom stereocenters. The van der Waals surface area contributed by atoms with Gasteiger partial charge in [0.1, 0.15) is 6.04 Å². The molecule has 0 radical (unpaired) electrons. The van der Waals surface area contributed by atoms with Gasteiger partial charge in [0.15, 0.2) is 0 Å². The van der Waals surface area contributed by atoms with Crippen LogP contribution in [0.1, 0.15) is 22.8 Å². The van der Waals surface area contributed by atoms with E-state index < -0.39 is 23.9 Å². The topological polar surface area (TPSA) is 130 Å². The molecule has 0 spiro atoms. The summed E-state index contributed by atoms with van der Waals surface area (Å²) in [5, 5.41) is 11.2. The van der Waals surface area contributed by atoms with Gasteiger partial charge >= 0.3 is 0 Å². The number of hydrogen-bond donors (Lipinski definition) is 5. The molecular formula is C18H22N4O3. The normalized spacial score (nSPS) is 13.0. The average molecular weight is 342 g/mol. The van der Waals surface area contributed by atoms with Crippen LogP contribution >= 0.6 is 0 Å². The second-order valence-electron chi connectivity index (χ2n) is 5.76. The molecule has 0 heterocycles. The van der Waals surface area contributed by atoms with E-state index in [1.54, 1.807) is 19.1 Å².